The van der Waals surface area contributed by atoms with Gasteiger partial charge in [0, 0.05) is 50.4 Å². The number of nitrogens with one attached hydrogen (secondary N) is 2. The van der Waals surface area contributed by atoms with Gasteiger partial charge in [0.05, 0.1) is 38.6 Å². The third-order valence-electron chi connectivity index (χ3n) is 7.14. The highest BCUT2D eigenvalue weighted by Gasteiger charge is 2.26. The van der Waals surface area contributed by atoms with E-state index in [1.54, 1.807) is 24.1 Å². The van der Waals surface area contributed by atoms with Crippen molar-refractivity contribution >= 4 is 22.7 Å². The molecule has 12 nitrogen and oxygen atoms in total. The molecule has 0 saturated carbocycles. The summed E-state index contributed by atoms with van der Waals surface area (Å²) in [4.78, 5) is 37.5. The van der Waals surface area contributed by atoms with E-state index >= 15 is 0 Å². The number of rotatable bonds is 12. The molecule has 0 spiro atoms. The number of H-pyrrole nitrogens is 1. The van der Waals surface area contributed by atoms with Crippen molar-refractivity contribution in [2.24, 2.45) is 0 Å². The highest BCUT2D eigenvalue weighted by Crippen LogP contribution is 2.42. The molecule has 44 heavy (non-hydrogen) atoms. The number of fused-ring (bicyclic) bond motifs is 1. The van der Waals surface area contributed by atoms with E-state index in [1.807, 2.05) is 46.8 Å². The van der Waals surface area contributed by atoms with Crippen LogP contribution in [0.5, 0.6) is 23.0 Å². The lowest BCUT2D eigenvalue weighted by atomic mass is 10.1. The molecule has 2 N–H and O–H groups in total. The fourth-order valence-electron chi connectivity index (χ4n) is 5.11. The Morgan fingerprint density at radius 2 is 1.73 bits per heavy atom. The van der Waals surface area contributed by atoms with Crippen molar-refractivity contribution in [3.63, 3.8) is 0 Å². The number of nitrogens with zero attached hydrogens (tertiary/aromatic N) is 3. The number of hydrogen-bond acceptors (Lipinski definition) is 10. The van der Waals surface area contributed by atoms with Gasteiger partial charge in [-0.2, -0.15) is 0 Å². The minimum atomic E-state index is -0.506. The van der Waals surface area contributed by atoms with Crippen molar-refractivity contribution in [3.05, 3.63) is 34.6 Å². The first-order chi connectivity index (χ1) is 21.1. The van der Waals surface area contributed by atoms with Gasteiger partial charge in [-0.25, -0.2) is 9.78 Å². The number of carbonyl (C=O) groups is 1. The van der Waals surface area contributed by atoms with E-state index in [2.05, 4.69) is 15.2 Å². The molecule has 2 aromatic carbocycles. The summed E-state index contributed by atoms with van der Waals surface area (Å²) in [5, 5.41) is 3.88. The van der Waals surface area contributed by atoms with Crippen LogP contribution in [0.3, 0.4) is 0 Å². The molecule has 12 heteroatoms. The predicted molar refractivity (Wildman–Crippen MR) is 171 cm³/mol. The fraction of sp³-hybridized carbons (Fsp3) is 0.531. The Morgan fingerprint density at radius 1 is 1.00 bits per heavy atom. The van der Waals surface area contributed by atoms with Crippen molar-refractivity contribution in [1.82, 2.24) is 19.8 Å². The SMILES string of the molecule is CCOc1ccc(-c2nc3cc(OC)cc(OC)c3c(=O)[nH]2)c(NCCCN2CCN(C(=O)OC(C)(C)C)CC2)c1OCC. The number of ether oxygens (including phenoxy) is 5. The molecule has 240 valence electrons. The quantitative estimate of drug-likeness (QED) is 0.277. The summed E-state index contributed by atoms with van der Waals surface area (Å²) in [6.45, 7) is 14.7. The van der Waals surface area contributed by atoms with E-state index in [4.69, 9.17) is 28.7 Å². The summed E-state index contributed by atoms with van der Waals surface area (Å²) in [7, 11) is 3.06. The van der Waals surface area contributed by atoms with Crippen molar-refractivity contribution in [2.45, 2.75) is 46.6 Å². The summed E-state index contributed by atoms with van der Waals surface area (Å²) >= 11 is 0. The monoisotopic (exact) mass is 611 g/mol. The molecule has 1 amide bonds. The van der Waals surface area contributed by atoms with Crippen LogP contribution in [0.4, 0.5) is 10.5 Å². The van der Waals surface area contributed by atoms with Crippen molar-refractivity contribution in [1.29, 1.82) is 0 Å². The Labute approximate surface area is 258 Å². The van der Waals surface area contributed by atoms with Gasteiger partial charge in [0.25, 0.3) is 5.56 Å². The lowest BCUT2D eigenvalue weighted by Gasteiger charge is -2.35. The van der Waals surface area contributed by atoms with Crippen LogP contribution in [-0.2, 0) is 4.74 Å². The highest BCUT2D eigenvalue weighted by atomic mass is 16.6. The molecule has 0 bridgehead atoms. The first-order valence-corrected chi connectivity index (χ1v) is 15.1. The first-order valence-electron chi connectivity index (χ1n) is 15.1. The molecule has 1 aliphatic heterocycles. The molecule has 1 fully saturated rings. The lowest BCUT2D eigenvalue weighted by Crippen LogP contribution is -2.50. The van der Waals surface area contributed by atoms with E-state index in [0.29, 0.717) is 83.8 Å². The maximum absolute atomic E-state index is 13.3. The summed E-state index contributed by atoms with van der Waals surface area (Å²) in [5.41, 5.74) is 0.970. The summed E-state index contributed by atoms with van der Waals surface area (Å²) in [6.07, 6.45) is 0.577. The van der Waals surface area contributed by atoms with Crippen LogP contribution in [0.2, 0.25) is 0 Å². The number of benzene rings is 2. The number of hydrogen-bond donors (Lipinski definition) is 2. The third-order valence-corrected chi connectivity index (χ3v) is 7.14. The zero-order valence-electron chi connectivity index (χ0n) is 26.9. The molecule has 0 atom stereocenters. The van der Waals surface area contributed by atoms with Gasteiger partial charge in [-0.3, -0.25) is 9.69 Å². The van der Waals surface area contributed by atoms with Crippen molar-refractivity contribution in [3.8, 4) is 34.4 Å². The van der Waals surface area contributed by atoms with Crippen LogP contribution in [0.25, 0.3) is 22.3 Å². The molecule has 0 unspecified atom stereocenters. The smallest absolute Gasteiger partial charge is 0.410 e. The lowest BCUT2D eigenvalue weighted by molar-refractivity contribution is 0.0145. The van der Waals surface area contributed by atoms with Gasteiger partial charge in [-0.15, -0.1) is 0 Å². The first kappa shape index (κ1) is 32.7. The Bertz CT molecular complexity index is 1490. The van der Waals surface area contributed by atoms with E-state index < -0.39 is 5.60 Å². The van der Waals surface area contributed by atoms with Crippen LogP contribution in [0, 0.1) is 0 Å². The van der Waals surface area contributed by atoms with Crippen molar-refractivity contribution < 1.29 is 28.5 Å². The van der Waals surface area contributed by atoms with Crippen LogP contribution < -0.4 is 29.8 Å². The minimum Gasteiger partial charge on any atom is -0.497 e. The summed E-state index contributed by atoms with van der Waals surface area (Å²) < 4.78 is 28.4. The van der Waals surface area contributed by atoms with Crippen LogP contribution in [0.15, 0.2) is 29.1 Å². The van der Waals surface area contributed by atoms with Crippen LogP contribution in [-0.4, -0.2) is 98.2 Å². The third kappa shape index (κ3) is 7.85. The largest absolute Gasteiger partial charge is 0.497 e. The maximum Gasteiger partial charge on any atom is 0.410 e. The fourth-order valence-corrected chi connectivity index (χ4v) is 5.11. The Morgan fingerprint density at radius 3 is 2.36 bits per heavy atom. The van der Waals surface area contributed by atoms with Gasteiger partial charge < -0.3 is 38.9 Å². The van der Waals surface area contributed by atoms with Gasteiger partial charge >= 0.3 is 6.09 Å². The number of carbonyl (C=O) groups excluding carboxylic acids is 1. The normalized spacial score (nSPS) is 13.9. The number of methoxy groups -OCH3 is 2. The zero-order valence-corrected chi connectivity index (χ0v) is 26.9. The van der Waals surface area contributed by atoms with Gasteiger partial charge in [-0.1, -0.05) is 0 Å². The van der Waals surface area contributed by atoms with E-state index in [1.165, 1.54) is 7.11 Å². The van der Waals surface area contributed by atoms with Crippen molar-refractivity contribution in [2.75, 3.05) is 72.0 Å². The topological polar surface area (TPSA) is 127 Å². The number of anilines is 1. The molecular weight excluding hydrogens is 566 g/mol. The zero-order chi connectivity index (χ0) is 31.9. The maximum atomic E-state index is 13.3. The summed E-state index contributed by atoms with van der Waals surface area (Å²) in [6, 6.07) is 7.07. The number of aromatic nitrogens is 2. The molecule has 1 aliphatic rings. The van der Waals surface area contributed by atoms with E-state index in [0.717, 1.165) is 26.1 Å². The molecule has 1 saturated heterocycles. The molecular formula is C32H45N5O7. The standard InChI is InChI=1S/C32H45N5O7/c1-8-42-24-12-11-22(29-34-23-19-21(40-6)20-25(41-7)26(23)30(38)35-29)27(28(24)43-9-2)33-13-10-14-36-15-17-37(18-16-36)31(39)44-32(3,4)5/h11-12,19-20,33H,8-10,13-18H2,1-7H3,(H,34,35,38). The Balaban J connectivity index is 1.55. The van der Waals surface area contributed by atoms with Gasteiger partial charge in [0.2, 0.25) is 0 Å². The van der Waals surface area contributed by atoms with Gasteiger partial charge in [-0.05, 0) is 59.7 Å². The Hall–Kier alpha value is -4.19. The second-order valence-electron chi connectivity index (χ2n) is 11.4. The molecule has 2 heterocycles. The average Bonchev–Trinajstić information content (AvgIpc) is 2.99. The molecule has 0 aliphatic carbocycles. The Kier molecular flexibility index (Phi) is 10.8. The molecule has 4 rings (SSSR count). The van der Waals surface area contributed by atoms with Gasteiger partial charge in [0.15, 0.2) is 11.5 Å². The predicted octanol–water partition coefficient (Wildman–Crippen LogP) is 4.76. The number of piperazine rings is 1. The van der Waals surface area contributed by atoms with E-state index in [-0.39, 0.29) is 11.7 Å². The minimum absolute atomic E-state index is 0.263. The highest BCUT2D eigenvalue weighted by molar-refractivity contribution is 5.89. The number of amides is 1. The average molecular weight is 612 g/mol. The van der Waals surface area contributed by atoms with Crippen LogP contribution in [0.1, 0.15) is 41.0 Å². The number of aromatic amines is 1. The second kappa shape index (κ2) is 14.5. The van der Waals surface area contributed by atoms with E-state index in [9.17, 15) is 9.59 Å². The molecule has 0 radical (unpaired) electrons. The molecule has 3 aromatic rings. The van der Waals surface area contributed by atoms with Gasteiger partial charge in [0.1, 0.15) is 28.3 Å². The summed E-state index contributed by atoms with van der Waals surface area (Å²) in [5.74, 6) is 2.45. The second-order valence-corrected chi connectivity index (χ2v) is 11.4. The molecule has 1 aromatic heterocycles. The van der Waals surface area contributed by atoms with Crippen LogP contribution >= 0.6 is 0 Å².